The van der Waals surface area contributed by atoms with E-state index in [2.05, 4.69) is 5.32 Å². The van der Waals surface area contributed by atoms with Crippen molar-refractivity contribution in [2.24, 2.45) is 16.7 Å². The van der Waals surface area contributed by atoms with E-state index in [1.807, 2.05) is 0 Å². The van der Waals surface area contributed by atoms with Crippen LogP contribution in [0.2, 0.25) is 0 Å². The molecule has 3 fully saturated rings. The first kappa shape index (κ1) is 17.0. The second-order valence-electron chi connectivity index (χ2n) is 7.05. The van der Waals surface area contributed by atoms with E-state index in [9.17, 15) is 23.1 Å². The lowest BCUT2D eigenvalue weighted by atomic mass is 9.73. The maximum Gasteiger partial charge on any atom is 0.396 e. The summed E-state index contributed by atoms with van der Waals surface area (Å²) in [5.74, 6) is 0.0943. The molecule has 3 heterocycles. The Hall–Kier alpha value is -0.860. The number of amides is 1. The van der Waals surface area contributed by atoms with Gasteiger partial charge < -0.3 is 20.1 Å². The van der Waals surface area contributed by atoms with Crippen LogP contribution >= 0.6 is 0 Å². The molecule has 3 aliphatic rings. The second-order valence-corrected chi connectivity index (χ2v) is 7.05. The van der Waals surface area contributed by atoms with Crippen molar-refractivity contribution in [3.8, 4) is 0 Å². The number of hydrogen-bond donors (Lipinski definition) is 2. The van der Waals surface area contributed by atoms with Gasteiger partial charge in [-0.3, -0.25) is 4.79 Å². The summed E-state index contributed by atoms with van der Waals surface area (Å²) < 4.78 is 45.1. The van der Waals surface area contributed by atoms with Crippen LogP contribution in [-0.2, 0) is 9.53 Å². The fourth-order valence-electron chi connectivity index (χ4n) is 4.13. The predicted octanol–water partition coefficient (Wildman–Crippen LogP) is 0.776. The summed E-state index contributed by atoms with van der Waals surface area (Å²) in [6, 6.07) is 0. The molecule has 3 saturated heterocycles. The zero-order valence-corrected chi connectivity index (χ0v) is 13.0. The Labute approximate surface area is 133 Å². The Morgan fingerprint density at radius 2 is 2.04 bits per heavy atom. The quantitative estimate of drug-likeness (QED) is 0.782. The van der Waals surface area contributed by atoms with Crippen molar-refractivity contribution < 1.29 is 27.8 Å². The molecule has 3 rings (SSSR count). The lowest BCUT2D eigenvalue weighted by Gasteiger charge is -2.46. The number of ether oxygens (including phenoxy) is 1. The third-order valence-electron chi connectivity index (χ3n) is 5.92. The first-order valence-corrected chi connectivity index (χ1v) is 8.10. The normalized spacial score (nSPS) is 34.3. The third-order valence-corrected chi connectivity index (χ3v) is 5.92. The van der Waals surface area contributed by atoms with Crippen molar-refractivity contribution in [1.29, 1.82) is 0 Å². The molecule has 0 aliphatic carbocycles. The van der Waals surface area contributed by atoms with E-state index in [1.165, 1.54) is 4.90 Å². The predicted molar refractivity (Wildman–Crippen MR) is 75.6 cm³/mol. The number of hydrogen-bond acceptors (Lipinski definition) is 4. The van der Waals surface area contributed by atoms with Crippen molar-refractivity contribution >= 4 is 5.91 Å². The minimum atomic E-state index is -4.44. The monoisotopic (exact) mass is 336 g/mol. The number of likely N-dealkylation sites (tertiary alicyclic amines) is 1. The number of nitrogens with one attached hydrogen (secondary N) is 1. The molecule has 132 valence electrons. The highest BCUT2D eigenvalue weighted by molar-refractivity contribution is 5.84. The van der Waals surface area contributed by atoms with Crippen LogP contribution in [0.4, 0.5) is 13.2 Å². The van der Waals surface area contributed by atoms with Gasteiger partial charge in [0.1, 0.15) is 0 Å². The van der Waals surface area contributed by atoms with Gasteiger partial charge in [-0.25, -0.2) is 0 Å². The molecule has 2 atom stereocenters. The molecule has 0 saturated carbocycles. The maximum absolute atomic E-state index is 13.2. The summed E-state index contributed by atoms with van der Waals surface area (Å²) >= 11 is 0. The van der Waals surface area contributed by atoms with E-state index in [1.54, 1.807) is 0 Å². The standard InChI is InChI=1S/C15H23F3N2O3/c16-15(17,18)13(9-21)2-4-20(5-3-13)12(22)14-8-19-7-11(14)1-6-23-10-14/h11,19,21H,1-10H2/t11-,14+/m1/s1. The number of carbonyl (C=O) groups excluding carboxylic acids is 1. The van der Waals surface area contributed by atoms with E-state index in [4.69, 9.17) is 4.74 Å². The number of carbonyl (C=O) groups is 1. The number of halogens is 3. The summed E-state index contributed by atoms with van der Waals surface area (Å²) in [4.78, 5) is 14.5. The molecule has 0 bridgehead atoms. The largest absolute Gasteiger partial charge is 0.396 e. The van der Waals surface area contributed by atoms with Gasteiger partial charge in [-0.15, -0.1) is 0 Å². The Bertz CT molecular complexity index is 463. The van der Waals surface area contributed by atoms with Crippen LogP contribution < -0.4 is 5.32 Å². The fraction of sp³-hybridized carbons (Fsp3) is 0.933. The van der Waals surface area contributed by atoms with Crippen LogP contribution in [0.1, 0.15) is 19.3 Å². The van der Waals surface area contributed by atoms with E-state index in [0.717, 1.165) is 13.0 Å². The summed E-state index contributed by atoms with van der Waals surface area (Å²) in [6.45, 7) is 1.40. The molecule has 0 spiro atoms. The van der Waals surface area contributed by atoms with E-state index in [-0.39, 0.29) is 37.8 Å². The maximum atomic E-state index is 13.2. The van der Waals surface area contributed by atoms with Crippen LogP contribution in [0.3, 0.4) is 0 Å². The molecule has 3 aliphatic heterocycles. The first-order chi connectivity index (χ1) is 10.8. The van der Waals surface area contributed by atoms with E-state index >= 15 is 0 Å². The summed E-state index contributed by atoms with van der Waals surface area (Å²) in [5, 5.41) is 12.5. The summed E-state index contributed by atoms with van der Waals surface area (Å²) in [6.07, 6.45) is -4.13. The number of aliphatic hydroxyl groups is 1. The molecule has 2 N–H and O–H groups in total. The van der Waals surface area contributed by atoms with Crippen molar-refractivity contribution in [2.45, 2.75) is 25.4 Å². The van der Waals surface area contributed by atoms with E-state index < -0.39 is 23.6 Å². The Balaban J connectivity index is 1.71. The smallest absolute Gasteiger partial charge is 0.395 e. The van der Waals surface area contributed by atoms with Crippen LogP contribution in [0.15, 0.2) is 0 Å². The topological polar surface area (TPSA) is 61.8 Å². The summed E-state index contributed by atoms with van der Waals surface area (Å²) in [7, 11) is 0. The van der Waals surface area contributed by atoms with Gasteiger partial charge in [-0.1, -0.05) is 0 Å². The lowest BCUT2D eigenvalue weighted by molar-refractivity contribution is -0.249. The Kier molecular flexibility index (Phi) is 4.35. The van der Waals surface area contributed by atoms with Crippen molar-refractivity contribution in [3.63, 3.8) is 0 Å². The minimum Gasteiger partial charge on any atom is -0.395 e. The van der Waals surface area contributed by atoms with Gasteiger partial charge in [0, 0.05) is 26.2 Å². The van der Waals surface area contributed by atoms with Crippen LogP contribution in [-0.4, -0.2) is 68.1 Å². The van der Waals surface area contributed by atoms with Gasteiger partial charge in [0.15, 0.2) is 0 Å². The summed E-state index contributed by atoms with van der Waals surface area (Å²) in [5.41, 5.74) is -2.70. The van der Waals surface area contributed by atoms with Crippen LogP contribution in [0, 0.1) is 16.7 Å². The van der Waals surface area contributed by atoms with Gasteiger partial charge in [0.2, 0.25) is 5.91 Å². The molecular formula is C15H23F3N2O3. The Morgan fingerprint density at radius 3 is 2.65 bits per heavy atom. The zero-order valence-electron chi connectivity index (χ0n) is 13.0. The molecule has 0 radical (unpaired) electrons. The van der Waals surface area contributed by atoms with Gasteiger partial charge >= 0.3 is 6.18 Å². The average molecular weight is 336 g/mol. The highest BCUT2D eigenvalue weighted by atomic mass is 19.4. The van der Waals surface area contributed by atoms with Gasteiger partial charge in [-0.2, -0.15) is 13.2 Å². The SMILES string of the molecule is O=C(N1CCC(CO)(C(F)(F)F)CC1)[C@]12CNC[C@H]1CCOC2. The van der Waals surface area contributed by atoms with Crippen molar-refractivity contribution in [3.05, 3.63) is 0 Å². The van der Waals surface area contributed by atoms with E-state index in [0.29, 0.717) is 19.8 Å². The zero-order chi connectivity index (χ0) is 16.7. The lowest BCUT2D eigenvalue weighted by Crippen LogP contribution is -2.57. The van der Waals surface area contributed by atoms with Crippen LogP contribution in [0.5, 0.6) is 0 Å². The number of piperidine rings is 1. The highest BCUT2D eigenvalue weighted by Gasteiger charge is 2.58. The molecule has 0 aromatic carbocycles. The van der Waals surface area contributed by atoms with Gasteiger partial charge in [-0.05, 0) is 31.7 Å². The molecule has 8 heteroatoms. The van der Waals surface area contributed by atoms with Gasteiger partial charge in [0.05, 0.1) is 24.0 Å². The second kappa shape index (κ2) is 5.89. The molecule has 0 unspecified atom stereocenters. The average Bonchev–Trinajstić information content (AvgIpc) is 2.98. The minimum absolute atomic E-state index is 0.0351. The highest BCUT2D eigenvalue weighted by Crippen LogP contribution is 2.47. The first-order valence-electron chi connectivity index (χ1n) is 8.10. The number of nitrogens with zero attached hydrogens (tertiary/aromatic N) is 1. The number of aliphatic hydroxyl groups excluding tert-OH is 1. The molecule has 23 heavy (non-hydrogen) atoms. The number of alkyl halides is 3. The third kappa shape index (κ3) is 2.64. The number of rotatable bonds is 2. The molecule has 0 aromatic rings. The van der Waals surface area contributed by atoms with Crippen molar-refractivity contribution in [2.75, 3.05) is 46.0 Å². The molecule has 5 nitrogen and oxygen atoms in total. The van der Waals surface area contributed by atoms with Crippen molar-refractivity contribution in [1.82, 2.24) is 10.2 Å². The fourth-order valence-corrected chi connectivity index (χ4v) is 4.13. The van der Waals surface area contributed by atoms with Gasteiger partial charge in [0.25, 0.3) is 0 Å². The molecular weight excluding hydrogens is 313 g/mol. The number of fused-ring (bicyclic) bond motifs is 1. The molecule has 1 amide bonds. The molecule has 0 aromatic heterocycles. The Morgan fingerprint density at radius 1 is 1.35 bits per heavy atom. The van der Waals surface area contributed by atoms with Crippen LogP contribution in [0.25, 0.3) is 0 Å².